The molecule has 0 saturated carbocycles. The third-order valence-electron chi connectivity index (χ3n) is 8.52. The molecule has 0 saturated heterocycles. The molecular weight excluding hydrogens is 536 g/mol. The van der Waals surface area contributed by atoms with Crippen LogP contribution in [0.3, 0.4) is 0 Å². The van der Waals surface area contributed by atoms with E-state index in [9.17, 15) is 10.2 Å². The predicted octanol–water partition coefficient (Wildman–Crippen LogP) is 11.2. The monoisotopic (exact) mass is 590 g/mol. The first-order chi connectivity index (χ1) is 20.5. The summed E-state index contributed by atoms with van der Waals surface area (Å²) in [6.07, 6.45) is 3.39. The van der Waals surface area contributed by atoms with Crippen LogP contribution in [-0.2, 0) is 36.5 Å². The zero-order chi connectivity index (χ0) is 32.4. The quantitative estimate of drug-likeness (QED) is 0.204. The van der Waals surface area contributed by atoms with Crippen LogP contribution >= 0.6 is 0 Å². The van der Waals surface area contributed by atoms with Crippen LogP contribution in [0.1, 0.15) is 103 Å². The van der Waals surface area contributed by atoms with E-state index in [2.05, 4.69) is 118 Å². The lowest BCUT2D eigenvalue weighted by Crippen LogP contribution is -2.14. The van der Waals surface area contributed by atoms with Crippen LogP contribution in [0.15, 0.2) is 72.8 Å². The van der Waals surface area contributed by atoms with E-state index in [0.717, 1.165) is 35.1 Å². The minimum Gasteiger partial charge on any atom is -0.508 e. The lowest BCUT2D eigenvalue weighted by Gasteiger charge is -2.25. The maximum atomic E-state index is 10.9. The number of phenols is 2. The van der Waals surface area contributed by atoms with Gasteiger partial charge in [0.15, 0.2) is 0 Å². The summed E-state index contributed by atoms with van der Waals surface area (Å²) in [4.78, 5) is 0. The van der Waals surface area contributed by atoms with Crippen LogP contribution < -0.4 is 0 Å². The average Bonchev–Trinajstić information content (AvgIpc) is 2.92. The van der Waals surface area contributed by atoms with Gasteiger partial charge in [-0.05, 0) is 128 Å². The highest BCUT2D eigenvalue weighted by atomic mass is 16.3. The molecule has 2 N–H and O–H groups in total. The fourth-order valence-corrected chi connectivity index (χ4v) is 6.30. The van der Waals surface area contributed by atoms with Crippen molar-refractivity contribution in [3.05, 3.63) is 106 Å². The number of benzene rings is 4. The van der Waals surface area contributed by atoms with Gasteiger partial charge >= 0.3 is 0 Å². The van der Waals surface area contributed by atoms with Crippen LogP contribution in [0.25, 0.3) is 22.3 Å². The van der Waals surface area contributed by atoms with Gasteiger partial charge in [-0.25, -0.2) is 0 Å². The fraction of sp³-hybridized carbons (Fsp3) is 0.429. The maximum Gasteiger partial charge on any atom is 0.118 e. The predicted molar refractivity (Wildman–Crippen MR) is 189 cm³/mol. The molecule has 0 fully saturated rings. The Bertz CT molecular complexity index is 1470. The maximum absolute atomic E-state index is 10.9. The van der Waals surface area contributed by atoms with Gasteiger partial charge in [0.1, 0.15) is 11.5 Å². The van der Waals surface area contributed by atoms with Gasteiger partial charge in [-0.3, -0.25) is 0 Å². The summed E-state index contributed by atoms with van der Waals surface area (Å²) in [5.74, 6) is 1.81. The van der Waals surface area contributed by atoms with Crippen molar-refractivity contribution in [2.24, 2.45) is 11.8 Å². The second-order valence-corrected chi connectivity index (χ2v) is 15.6. The largest absolute Gasteiger partial charge is 0.508 e. The molecule has 4 aromatic carbocycles. The van der Waals surface area contributed by atoms with Crippen molar-refractivity contribution < 1.29 is 10.2 Å². The minimum atomic E-state index is -0.00843. The Balaban J connectivity index is 1.66. The average molecular weight is 591 g/mol. The van der Waals surface area contributed by atoms with Crippen molar-refractivity contribution in [2.75, 3.05) is 0 Å². The van der Waals surface area contributed by atoms with E-state index in [-0.39, 0.29) is 10.8 Å². The molecule has 0 spiro atoms. The second-order valence-electron chi connectivity index (χ2n) is 15.6. The topological polar surface area (TPSA) is 40.5 Å². The summed E-state index contributed by atoms with van der Waals surface area (Å²) in [7, 11) is 0. The summed E-state index contributed by atoms with van der Waals surface area (Å²) in [6.45, 7) is 22.7. The number of aryl methyl sites for hydroxylation is 2. The normalized spacial score (nSPS) is 12.4. The highest BCUT2D eigenvalue weighted by molar-refractivity contribution is 5.72. The third kappa shape index (κ3) is 8.14. The number of hydrogen-bond donors (Lipinski definition) is 2. The Morgan fingerprint density at radius 1 is 0.500 bits per heavy atom. The second kappa shape index (κ2) is 13.2. The Morgan fingerprint density at radius 2 is 0.864 bits per heavy atom. The van der Waals surface area contributed by atoms with E-state index in [0.29, 0.717) is 36.2 Å². The molecular formula is C42H54O2. The molecule has 0 aromatic heterocycles. The first-order valence-electron chi connectivity index (χ1n) is 16.4. The van der Waals surface area contributed by atoms with Crippen LogP contribution in [0, 0.1) is 11.8 Å². The van der Waals surface area contributed by atoms with Crippen molar-refractivity contribution in [3.63, 3.8) is 0 Å². The molecule has 4 rings (SSSR count). The van der Waals surface area contributed by atoms with Crippen LogP contribution in [-0.4, -0.2) is 10.2 Å². The molecule has 0 aliphatic rings. The zero-order valence-electron chi connectivity index (χ0n) is 28.8. The van der Waals surface area contributed by atoms with Crippen molar-refractivity contribution >= 4 is 0 Å². The van der Waals surface area contributed by atoms with Crippen LogP contribution in [0.5, 0.6) is 11.5 Å². The van der Waals surface area contributed by atoms with E-state index in [4.69, 9.17) is 0 Å². The Morgan fingerprint density at radius 3 is 1.18 bits per heavy atom. The highest BCUT2D eigenvalue weighted by Crippen LogP contribution is 2.38. The molecule has 0 heterocycles. The Hall–Kier alpha value is -3.52. The highest BCUT2D eigenvalue weighted by Gasteiger charge is 2.22. The molecule has 2 nitrogen and oxygen atoms in total. The van der Waals surface area contributed by atoms with Crippen LogP contribution in [0.2, 0.25) is 0 Å². The number of rotatable bonds is 9. The summed E-state index contributed by atoms with van der Waals surface area (Å²) < 4.78 is 0. The smallest absolute Gasteiger partial charge is 0.118 e. The van der Waals surface area contributed by atoms with Gasteiger partial charge in [0.05, 0.1) is 0 Å². The van der Waals surface area contributed by atoms with Crippen molar-refractivity contribution in [1.82, 2.24) is 0 Å². The number of aromatic hydroxyl groups is 2. The van der Waals surface area contributed by atoms with Gasteiger partial charge in [-0.15, -0.1) is 0 Å². The van der Waals surface area contributed by atoms with E-state index < -0.39 is 0 Å². The third-order valence-corrected chi connectivity index (χ3v) is 8.52. The van der Waals surface area contributed by atoms with Gasteiger partial charge in [-0.1, -0.05) is 118 Å². The first-order valence-corrected chi connectivity index (χ1v) is 16.4. The van der Waals surface area contributed by atoms with E-state index in [1.807, 2.05) is 24.3 Å². The Labute approximate surface area is 267 Å². The molecule has 2 heteroatoms. The molecule has 4 aromatic rings. The summed E-state index contributed by atoms with van der Waals surface area (Å²) in [5, 5.41) is 21.8. The van der Waals surface area contributed by atoms with E-state index in [1.54, 1.807) is 0 Å². The van der Waals surface area contributed by atoms with Gasteiger partial charge in [0.2, 0.25) is 0 Å². The lowest BCUT2D eigenvalue weighted by atomic mass is 9.79. The van der Waals surface area contributed by atoms with Crippen molar-refractivity contribution in [2.45, 2.75) is 106 Å². The Kier molecular flexibility index (Phi) is 10.0. The van der Waals surface area contributed by atoms with Gasteiger partial charge in [0.25, 0.3) is 0 Å². The van der Waals surface area contributed by atoms with Gasteiger partial charge < -0.3 is 10.2 Å². The van der Waals surface area contributed by atoms with Crippen LogP contribution in [0.4, 0.5) is 0 Å². The first kappa shape index (κ1) is 33.4. The molecule has 234 valence electrons. The summed E-state index contributed by atoms with van der Waals surface area (Å²) >= 11 is 0. The molecule has 0 unspecified atom stereocenters. The zero-order valence-corrected chi connectivity index (χ0v) is 28.8. The molecule has 0 amide bonds. The van der Waals surface area contributed by atoms with Gasteiger partial charge in [0, 0.05) is 0 Å². The molecule has 0 aliphatic carbocycles. The van der Waals surface area contributed by atoms with E-state index >= 15 is 0 Å². The van der Waals surface area contributed by atoms with Crippen molar-refractivity contribution in [1.29, 1.82) is 0 Å². The lowest BCUT2D eigenvalue weighted by molar-refractivity contribution is 0.462. The molecule has 0 aliphatic heterocycles. The molecule has 44 heavy (non-hydrogen) atoms. The molecule has 0 bridgehead atoms. The molecule has 0 radical (unpaired) electrons. The van der Waals surface area contributed by atoms with Gasteiger partial charge in [-0.2, -0.15) is 0 Å². The SMILES string of the molecule is CC(C)Cc1ccc(-c2ccc(O)c(CCc3cc(-c4ccc(CC(C)C)cc4C(C)(C)C)ccc3O)c2)c(C(C)(C)C)c1. The molecule has 0 atom stereocenters. The van der Waals surface area contributed by atoms with Crippen molar-refractivity contribution in [3.8, 4) is 33.8 Å². The van der Waals surface area contributed by atoms with E-state index in [1.165, 1.54) is 33.4 Å². The fourth-order valence-electron chi connectivity index (χ4n) is 6.30. The number of phenolic OH excluding ortho intramolecular Hbond substituents is 2. The summed E-state index contributed by atoms with van der Waals surface area (Å²) in [6, 6.07) is 25.7. The standard InChI is InChI=1S/C42H54O2/c1-27(2)21-29-11-17-35(37(23-29)41(5,6)7)31-15-19-39(43)33(25-31)13-14-34-26-32(16-20-40(34)44)36-18-12-30(22-28(3)4)24-38(36)42(8,9)10/h11-12,15-20,23-28,43-44H,13-14,21-22H2,1-10H3. The summed E-state index contributed by atoms with van der Waals surface area (Å²) in [5.41, 5.74) is 11.8. The minimum absolute atomic E-state index is 0.00843. The number of hydrogen-bond acceptors (Lipinski definition) is 2.